The number of nitrogens with one attached hydrogen (secondary N) is 1. The van der Waals surface area contributed by atoms with Crippen molar-refractivity contribution in [3.63, 3.8) is 0 Å². The van der Waals surface area contributed by atoms with Crippen molar-refractivity contribution < 1.29 is 14.6 Å². The Morgan fingerprint density at radius 2 is 1.74 bits per heavy atom. The van der Waals surface area contributed by atoms with E-state index in [4.69, 9.17) is 16.4 Å². The Hall–Kier alpha value is -3.13. The fraction of sp³-hybridized carbons (Fsp3) is 0.222. The zero-order valence-electron chi connectivity index (χ0n) is 14.9. The summed E-state index contributed by atoms with van der Waals surface area (Å²) < 4.78 is 0. The summed E-state index contributed by atoms with van der Waals surface area (Å²) in [5.41, 5.74) is 1.09. The van der Waals surface area contributed by atoms with Crippen LogP contribution in [0.5, 0.6) is 0 Å². The normalized spacial score (nSPS) is 11.0. The SMILES string of the molecule is CCN(CC)/C(=N\OC(=O)Nc1ccc(Cl)cc1)c1ccc([N+](=O)[O-])cc1. The highest BCUT2D eigenvalue weighted by atomic mass is 35.5. The van der Waals surface area contributed by atoms with Crippen LogP contribution in [0, 0.1) is 10.1 Å². The van der Waals surface area contributed by atoms with E-state index in [0.29, 0.717) is 35.2 Å². The van der Waals surface area contributed by atoms with Gasteiger partial charge >= 0.3 is 6.09 Å². The van der Waals surface area contributed by atoms with Crippen LogP contribution in [0.25, 0.3) is 0 Å². The number of nitro groups is 1. The third kappa shape index (κ3) is 5.68. The highest BCUT2D eigenvalue weighted by Crippen LogP contribution is 2.16. The number of amidine groups is 1. The minimum atomic E-state index is -0.760. The van der Waals surface area contributed by atoms with E-state index in [1.165, 1.54) is 12.1 Å². The van der Waals surface area contributed by atoms with Crippen LogP contribution in [-0.2, 0) is 4.84 Å². The molecule has 0 spiro atoms. The Morgan fingerprint density at radius 1 is 1.15 bits per heavy atom. The number of nitrogens with zero attached hydrogens (tertiary/aromatic N) is 3. The van der Waals surface area contributed by atoms with Crippen molar-refractivity contribution in [2.45, 2.75) is 13.8 Å². The van der Waals surface area contributed by atoms with Crippen molar-refractivity contribution in [3.05, 3.63) is 69.2 Å². The van der Waals surface area contributed by atoms with Crippen LogP contribution in [-0.4, -0.2) is 34.8 Å². The number of amides is 1. The minimum Gasteiger partial charge on any atom is -0.354 e. The Bertz CT molecular complexity index is 818. The fourth-order valence-electron chi connectivity index (χ4n) is 2.31. The molecular formula is C18H19ClN4O4. The summed E-state index contributed by atoms with van der Waals surface area (Å²) in [5, 5.41) is 17.9. The lowest BCUT2D eigenvalue weighted by Gasteiger charge is -2.22. The Morgan fingerprint density at radius 3 is 2.26 bits per heavy atom. The van der Waals surface area contributed by atoms with Crippen molar-refractivity contribution in [2.24, 2.45) is 5.16 Å². The number of carbonyl (C=O) groups excluding carboxylic acids is 1. The average molecular weight is 391 g/mol. The molecule has 2 aromatic carbocycles. The number of rotatable bonds is 6. The molecule has 142 valence electrons. The van der Waals surface area contributed by atoms with Crippen LogP contribution in [0.4, 0.5) is 16.2 Å². The summed E-state index contributed by atoms with van der Waals surface area (Å²) >= 11 is 5.80. The molecule has 0 aliphatic carbocycles. The van der Waals surface area contributed by atoms with E-state index < -0.39 is 11.0 Å². The quantitative estimate of drug-likeness (QED) is 0.257. The lowest BCUT2D eigenvalue weighted by Crippen LogP contribution is -2.32. The maximum Gasteiger partial charge on any atom is 0.437 e. The molecule has 0 bridgehead atoms. The molecule has 9 heteroatoms. The van der Waals surface area contributed by atoms with Gasteiger partial charge in [0.05, 0.1) is 4.92 Å². The number of carbonyl (C=O) groups is 1. The Labute approximate surface area is 161 Å². The van der Waals surface area contributed by atoms with Gasteiger partial charge < -0.3 is 4.90 Å². The Balaban J connectivity index is 2.18. The van der Waals surface area contributed by atoms with Gasteiger partial charge in [-0.3, -0.25) is 20.3 Å². The van der Waals surface area contributed by atoms with E-state index in [-0.39, 0.29) is 5.69 Å². The number of hydrogen-bond acceptors (Lipinski definition) is 5. The average Bonchev–Trinajstić information content (AvgIpc) is 2.67. The van der Waals surface area contributed by atoms with Crippen molar-refractivity contribution in [2.75, 3.05) is 18.4 Å². The van der Waals surface area contributed by atoms with Crippen molar-refractivity contribution in [1.29, 1.82) is 0 Å². The highest BCUT2D eigenvalue weighted by molar-refractivity contribution is 6.30. The summed E-state index contributed by atoms with van der Waals surface area (Å²) in [4.78, 5) is 29.2. The van der Waals surface area contributed by atoms with E-state index in [0.717, 1.165) is 0 Å². The van der Waals surface area contributed by atoms with Crippen LogP contribution < -0.4 is 5.32 Å². The molecule has 0 saturated carbocycles. The first-order valence-corrected chi connectivity index (χ1v) is 8.63. The van der Waals surface area contributed by atoms with Crippen LogP contribution in [0.1, 0.15) is 19.4 Å². The largest absolute Gasteiger partial charge is 0.437 e. The predicted molar refractivity (Wildman–Crippen MR) is 104 cm³/mol. The zero-order valence-corrected chi connectivity index (χ0v) is 15.6. The predicted octanol–water partition coefficient (Wildman–Crippen LogP) is 4.50. The maximum atomic E-state index is 12.0. The van der Waals surface area contributed by atoms with Gasteiger partial charge in [-0.15, -0.1) is 0 Å². The second kappa shape index (κ2) is 9.54. The smallest absolute Gasteiger partial charge is 0.354 e. The molecular weight excluding hydrogens is 372 g/mol. The van der Waals surface area contributed by atoms with Gasteiger partial charge in [0.15, 0.2) is 5.84 Å². The zero-order chi connectivity index (χ0) is 19.8. The monoisotopic (exact) mass is 390 g/mol. The van der Waals surface area contributed by atoms with E-state index >= 15 is 0 Å². The van der Waals surface area contributed by atoms with Gasteiger partial charge in [-0.25, -0.2) is 4.79 Å². The lowest BCUT2D eigenvalue weighted by molar-refractivity contribution is -0.384. The van der Waals surface area contributed by atoms with Crippen LogP contribution in [0.2, 0.25) is 5.02 Å². The van der Waals surface area contributed by atoms with Crippen LogP contribution in [0.15, 0.2) is 53.7 Å². The molecule has 0 fully saturated rings. The van der Waals surface area contributed by atoms with E-state index in [2.05, 4.69) is 10.5 Å². The first-order chi connectivity index (χ1) is 12.9. The second-order valence-corrected chi connectivity index (χ2v) is 5.84. The van der Waals surface area contributed by atoms with Gasteiger partial charge in [0.1, 0.15) is 0 Å². The van der Waals surface area contributed by atoms with Gasteiger partial charge in [0.25, 0.3) is 5.69 Å². The van der Waals surface area contributed by atoms with Gasteiger partial charge in [-0.2, -0.15) is 0 Å². The summed E-state index contributed by atoms with van der Waals surface area (Å²) in [7, 11) is 0. The first-order valence-electron chi connectivity index (χ1n) is 8.26. The number of nitro benzene ring substituents is 1. The molecule has 0 radical (unpaired) electrons. The van der Waals surface area contributed by atoms with Crippen LogP contribution in [0.3, 0.4) is 0 Å². The van der Waals surface area contributed by atoms with Crippen molar-refractivity contribution in [1.82, 2.24) is 4.90 Å². The number of benzene rings is 2. The second-order valence-electron chi connectivity index (χ2n) is 5.40. The lowest BCUT2D eigenvalue weighted by atomic mass is 10.1. The van der Waals surface area contributed by atoms with E-state index in [1.807, 2.05) is 18.7 Å². The molecule has 1 N–H and O–H groups in total. The van der Waals surface area contributed by atoms with Gasteiger partial charge in [0, 0.05) is 41.5 Å². The van der Waals surface area contributed by atoms with Gasteiger partial charge in [-0.1, -0.05) is 16.8 Å². The topological polar surface area (TPSA) is 97.1 Å². The fourth-order valence-corrected chi connectivity index (χ4v) is 2.43. The van der Waals surface area contributed by atoms with Crippen molar-refractivity contribution >= 4 is 34.9 Å². The molecule has 0 saturated heterocycles. The molecule has 0 unspecified atom stereocenters. The molecule has 0 atom stereocenters. The third-order valence-electron chi connectivity index (χ3n) is 3.70. The standard InChI is InChI=1S/C18H19ClN4O4/c1-3-22(4-2)17(13-5-11-16(12-6-13)23(25)26)21-27-18(24)20-15-9-7-14(19)8-10-15/h5-12H,3-4H2,1-2H3,(H,20,24)/b21-17-. The number of anilines is 1. The Kier molecular flexibility index (Phi) is 7.13. The number of halogens is 1. The van der Waals surface area contributed by atoms with E-state index in [1.54, 1.807) is 36.4 Å². The number of hydrogen-bond donors (Lipinski definition) is 1. The van der Waals surface area contributed by atoms with Crippen LogP contribution >= 0.6 is 11.6 Å². The van der Waals surface area contributed by atoms with Crippen molar-refractivity contribution in [3.8, 4) is 0 Å². The molecule has 8 nitrogen and oxygen atoms in total. The summed E-state index contributed by atoms with van der Waals surface area (Å²) in [6.45, 7) is 5.10. The summed E-state index contributed by atoms with van der Waals surface area (Å²) in [5.74, 6) is 0.404. The molecule has 27 heavy (non-hydrogen) atoms. The molecule has 0 aliphatic rings. The molecule has 2 rings (SSSR count). The minimum absolute atomic E-state index is 0.0287. The summed E-state index contributed by atoms with van der Waals surface area (Å²) in [6.07, 6.45) is -0.760. The number of non-ortho nitro benzene ring substituents is 1. The molecule has 1 amide bonds. The van der Waals surface area contributed by atoms with Gasteiger partial charge in [0.2, 0.25) is 0 Å². The highest BCUT2D eigenvalue weighted by Gasteiger charge is 2.15. The van der Waals surface area contributed by atoms with E-state index in [9.17, 15) is 14.9 Å². The maximum absolute atomic E-state index is 12.0. The molecule has 0 aliphatic heterocycles. The van der Waals surface area contributed by atoms with Gasteiger partial charge in [-0.05, 0) is 50.2 Å². The molecule has 0 aromatic heterocycles. The third-order valence-corrected chi connectivity index (χ3v) is 3.96. The molecule has 0 heterocycles. The first kappa shape index (κ1) is 20.2. The number of oxime groups is 1. The summed E-state index contributed by atoms with van der Waals surface area (Å²) in [6, 6.07) is 12.4. The molecule has 2 aromatic rings.